The second kappa shape index (κ2) is 5.98. The number of aromatic nitrogens is 1. The lowest BCUT2D eigenvalue weighted by atomic mass is 9.53. The van der Waals surface area contributed by atoms with Gasteiger partial charge in [-0.2, -0.15) is 0 Å². The molecule has 6 heteroatoms. The summed E-state index contributed by atoms with van der Waals surface area (Å²) in [6.45, 7) is 0. The molecule has 4 saturated carbocycles. The average molecular weight is 425 g/mol. The number of benzene rings is 1. The van der Waals surface area contributed by atoms with Crippen molar-refractivity contribution in [3.8, 4) is 0 Å². The van der Waals surface area contributed by atoms with Crippen LogP contribution in [0.5, 0.6) is 0 Å². The molecule has 2 aromatic rings. The number of rotatable bonds is 4. The highest BCUT2D eigenvalue weighted by molar-refractivity contribution is 6.34. The van der Waals surface area contributed by atoms with Crippen molar-refractivity contribution in [1.29, 1.82) is 0 Å². The number of aliphatic hydroxyl groups is 1. The summed E-state index contributed by atoms with van der Waals surface area (Å²) in [7, 11) is 1.82. The number of carbonyl (C=O) groups is 2. The molecular formula is C24H25ClN2O3. The van der Waals surface area contributed by atoms with E-state index in [-0.39, 0.29) is 28.2 Å². The van der Waals surface area contributed by atoms with Crippen molar-refractivity contribution in [2.75, 3.05) is 0 Å². The minimum atomic E-state index is -0.493. The van der Waals surface area contributed by atoms with Crippen LogP contribution in [-0.4, -0.2) is 33.0 Å². The molecule has 4 aliphatic carbocycles. The number of aryl methyl sites for hydroxylation is 1. The zero-order valence-corrected chi connectivity index (χ0v) is 17.7. The maximum atomic E-state index is 13.1. The van der Waals surface area contributed by atoms with Crippen LogP contribution in [0.3, 0.4) is 0 Å². The monoisotopic (exact) mass is 424 g/mol. The van der Waals surface area contributed by atoms with Gasteiger partial charge in [0.2, 0.25) is 5.78 Å². The molecule has 1 heterocycles. The van der Waals surface area contributed by atoms with Crippen molar-refractivity contribution >= 4 is 23.3 Å². The molecule has 1 spiro atoms. The Morgan fingerprint density at radius 1 is 1.17 bits per heavy atom. The van der Waals surface area contributed by atoms with Crippen molar-refractivity contribution in [2.45, 2.75) is 43.7 Å². The third kappa shape index (κ3) is 2.28. The molecule has 1 amide bonds. The summed E-state index contributed by atoms with van der Waals surface area (Å²) >= 11 is 6.44. The Balaban J connectivity index is 1.22. The van der Waals surface area contributed by atoms with Gasteiger partial charge in [0, 0.05) is 30.3 Å². The lowest BCUT2D eigenvalue weighted by Gasteiger charge is -2.55. The minimum absolute atomic E-state index is 0.102. The Hall–Kier alpha value is -2.11. The third-order valence-electron chi connectivity index (χ3n) is 8.70. The van der Waals surface area contributed by atoms with E-state index in [2.05, 4.69) is 5.32 Å². The van der Waals surface area contributed by atoms with E-state index in [9.17, 15) is 14.7 Å². The van der Waals surface area contributed by atoms with Crippen molar-refractivity contribution in [3.63, 3.8) is 0 Å². The number of carbonyl (C=O) groups excluding carboxylic acids is 2. The summed E-state index contributed by atoms with van der Waals surface area (Å²) in [5.74, 6) is 1.12. The molecule has 0 saturated heterocycles. The maximum Gasteiger partial charge on any atom is 0.253 e. The molecule has 1 aromatic carbocycles. The Morgan fingerprint density at radius 3 is 2.70 bits per heavy atom. The molecule has 5 nitrogen and oxygen atoms in total. The first kappa shape index (κ1) is 18.6. The predicted octanol–water partition coefficient (Wildman–Crippen LogP) is 3.58. The van der Waals surface area contributed by atoms with Gasteiger partial charge in [-0.15, -0.1) is 0 Å². The van der Waals surface area contributed by atoms with Crippen LogP contribution in [0.4, 0.5) is 0 Å². The summed E-state index contributed by atoms with van der Waals surface area (Å²) in [4.78, 5) is 25.8. The molecule has 3 bridgehead atoms. The van der Waals surface area contributed by atoms with Crippen molar-refractivity contribution in [2.24, 2.45) is 30.2 Å². The van der Waals surface area contributed by atoms with Gasteiger partial charge in [-0.25, -0.2) is 0 Å². The second-order valence-electron chi connectivity index (χ2n) is 9.98. The number of ketones is 1. The number of hydrogen-bond acceptors (Lipinski definition) is 3. The first-order valence-corrected chi connectivity index (χ1v) is 11.2. The standard InChI is InChI=1S/C24H25ClN2O3/c1-27-6-2-3-19(27)21(28)13-4-5-17(18(25)8-13)22(29)26-20-14-7-16-12-24(30)11-15(20)10-23(16,24)9-14/h2-6,8,14-16,20,30H,7,9-12H2,1H3,(H,26,29)/t14?,15?,16?,20?,23?,24-/m0/s1. The van der Waals surface area contributed by atoms with Gasteiger partial charge in [0.15, 0.2) is 0 Å². The normalized spacial score (nSPS) is 37.7. The largest absolute Gasteiger partial charge is 0.389 e. The SMILES string of the molecule is Cn1cccc1C(=O)c1ccc(C(=O)NC2C3CC4C[C@@]5(O)CC2CC45C3)c(Cl)c1. The first-order valence-electron chi connectivity index (χ1n) is 10.8. The number of nitrogens with one attached hydrogen (secondary N) is 1. The first-order chi connectivity index (χ1) is 14.3. The van der Waals surface area contributed by atoms with Gasteiger partial charge in [0.25, 0.3) is 5.91 Å². The zero-order valence-electron chi connectivity index (χ0n) is 16.9. The van der Waals surface area contributed by atoms with Crippen LogP contribution in [0.1, 0.15) is 58.5 Å². The van der Waals surface area contributed by atoms with Crippen LogP contribution in [0, 0.1) is 23.2 Å². The molecule has 156 valence electrons. The average Bonchev–Trinajstić information content (AvgIpc) is 3.30. The van der Waals surface area contributed by atoms with Gasteiger partial charge in [-0.3, -0.25) is 9.59 Å². The van der Waals surface area contributed by atoms with Gasteiger partial charge >= 0.3 is 0 Å². The smallest absolute Gasteiger partial charge is 0.253 e. The number of halogens is 1. The van der Waals surface area contributed by atoms with E-state index in [4.69, 9.17) is 11.6 Å². The van der Waals surface area contributed by atoms with Gasteiger partial charge in [0.1, 0.15) is 0 Å². The topological polar surface area (TPSA) is 71.3 Å². The fourth-order valence-electron chi connectivity index (χ4n) is 7.40. The van der Waals surface area contributed by atoms with E-state index >= 15 is 0 Å². The van der Waals surface area contributed by atoms with E-state index in [0.29, 0.717) is 34.6 Å². The molecule has 6 rings (SSSR count). The maximum absolute atomic E-state index is 13.1. The van der Waals surface area contributed by atoms with Crippen molar-refractivity contribution in [1.82, 2.24) is 9.88 Å². The summed E-state index contributed by atoms with van der Waals surface area (Å²) in [5.41, 5.74) is 1.09. The summed E-state index contributed by atoms with van der Waals surface area (Å²) < 4.78 is 1.77. The molecular weight excluding hydrogens is 400 g/mol. The van der Waals surface area contributed by atoms with E-state index in [0.717, 1.165) is 32.1 Å². The molecule has 4 aliphatic rings. The predicted molar refractivity (Wildman–Crippen MR) is 112 cm³/mol. The summed E-state index contributed by atoms with van der Waals surface area (Å²) in [6, 6.07) is 8.59. The Labute approximate surface area is 180 Å². The second-order valence-corrected chi connectivity index (χ2v) is 10.4. The highest BCUT2D eigenvalue weighted by Gasteiger charge is 2.76. The van der Waals surface area contributed by atoms with Gasteiger partial charge < -0.3 is 15.0 Å². The number of nitrogens with zero attached hydrogens (tertiary/aromatic N) is 1. The van der Waals surface area contributed by atoms with Gasteiger partial charge in [0.05, 0.1) is 21.9 Å². The summed E-state index contributed by atoms with van der Waals surface area (Å²) in [6.07, 6.45) is 6.76. The molecule has 0 radical (unpaired) electrons. The third-order valence-corrected chi connectivity index (χ3v) is 9.01. The highest BCUT2D eigenvalue weighted by Crippen LogP contribution is 2.77. The van der Waals surface area contributed by atoms with E-state index in [1.807, 2.05) is 19.3 Å². The minimum Gasteiger partial charge on any atom is -0.389 e. The molecule has 0 aliphatic heterocycles. The van der Waals surface area contributed by atoms with Crippen LogP contribution in [0.25, 0.3) is 0 Å². The number of hydrogen-bond donors (Lipinski definition) is 2. The lowest BCUT2D eigenvalue weighted by molar-refractivity contribution is -0.176. The van der Waals surface area contributed by atoms with Gasteiger partial charge in [-0.1, -0.05) is 17.7 Å². The molecule has 1 aromatic heterocycles. The van der Waals surface area contributed by atoms with Crippen LogP contribution in [0.2, 0.25) is 5.02 Å². The lowest BCUT2D eigenvalue weighted by Crippen LogP contribution is -2.57. The van der Waals surface area contributed by atoms with E-state index in [1.165, 1.54) is 0 Å². The Morgan fingerprint density at radius 2 is 1.97 bits per heavy atom. The van der Waals surface area contributed by atoms with E-state index in [1.54, 1.807) is 28.8 Å². The quantitative estimate of drug-likeness (QED) is 0.737. The van der Waals surface area contributed by atoms with Crippen molar-refractivity contribution in [3.05, 3.63) is 58.4 Å². The zero-order chi connectivity index (χ0) is 20.8. The molecule has 2 N–H and O–H groups in total. The Bertz CT molecular complexity index is 1090. The van der Waals surface area contributed by atoms with E-state index < -0.39 is 5.60 Å². The molecule has 4 fully saturated rings. The van der Waals surface area contributed by atoms with Crippen LogP contribution < -0.4 is 5.32 Å². The van der Waals surface area contributed by atoms with Crippen LogP contribution in [0.15, 0.2) is 36.5 Å². The Kier molecular flexibility index (Phi) is 3.72. The van der Waals surface area contributed by atoms with Gasteiger partial charge in [-0.05, 0) is 74.1 Å². The molecule has 6 atom stereocenters. The fourth-order valence-corrected chi connectivity index (χ4v) is 7.67. The van der Waals surface area contributed by atoms with Crippen LogP contribution in [-0.2, 0) is 7.05 Å². The highest BCUT2D eigenvalue weighted by atomic mass is 35.5. The number of amides is 1. The van der Waals surface area contributed by atoms with Crippen molar-refractivity contribution < 1.29 is 14.7 Å². The molecule has 5 unspecified atom stereocenters. The number of fused-ring (bicyclic) bond motifs is 2. The fraction of sp³-hybridized carbons (Fsp3) is 0.500. The summed E-state index contributed by atoms with van der Waals surface area (Å²) in [5, 5.41) is 14.6. The van der Waals surface area contributed by atoms with Crippen LogP contribution >= 0.6 is 11.6 Å². The molecule has 30 heavy (non-hydrogen) atoms.